The molecule has 0 radical (unpaired) electrons. The second-order valence-electron chi connectivity index (χ2n) is 8.69. The molecule has 2 rings (SSSR count). The van der Waals surface area contributed by atoms with Crippen LogP contribution in [0.5, 0.6) is 0 Å². The topological polar surface area (TPSA) is 6.48 Å². The summed E-state index contributed by atoms with van der Waals surface area (Å²) >= 11 is 0. The van der Waals surface area contributed by atoms with Gasteiger partial charge in [-0.25, -0.2) is 0 Å². The lowest BCUT2D eigenvalue weighted by atomic mass is 10.3. The van der Waals surface area contributed by atoms with Crippen LogP contribution in [0.4, 0.5) is 5.69 Å². The van der Waals surface area contributed by atoms with Gasteiger partial charge in [-0.15, -0.1) is 0 Å². The molecule has 0 saturated carbocycles. The number of benzene rings is 2. The van der Waals surface area contributed by atoms with Gasteiger partial charge in [-0.1, -0.05) is 81.7 Å². The van der Waals surface area contributed by atoms with Gasteiger partial charge in [0, 0.05) is 13.8 Å². The van der Waals surface area contributed by atoms with Gasteiger partial charge >= 0.3 is 0 Å². The predicted octanol–water partition coefficient (Wildman–Crippen LogP) is 5.07. The molecule has 1 unspecified atom stereocenters. The molecule has 1 atom stereocenters. The first-order chi connectivity index (χ1) is 11.5. The Labute approximate surface area is 157 Å². The van der Waals surface area contributed by atoms with Crippen molar-refractivity contribution in [1.82, 2.24) is 4.67 Å². The molecule has 0 saturated heterocycles. The molecule has 0 aromatic heterocycles. The predicted molar refractivity (Wildman–Crippen MR) is 122 cm³/mol. The van der Waals surface area contributed by atoms with E-state index >= 15 is 0 Å². The van der Waals surface area contributed by atoms with E-state index < -0.39 is 24.5 Å². The summed E-state index contributed by atoms with van der Waals surface area (Å²) in [6.07, 6.45) is 0. The molecule has 0 N–H and O–H groups in total. The molecule has 136 valence electrons. The molecule has 0 aliphatic heterocycles. The van der Waals surface area contributed by atoms with Crippen LogP contribution in [-0.2, 0) is 0 Å². The van der Waals surface area contributed by atoms with Crippen molar-refractivity contribution in [3.63, 3.8) is 0 Å². The first kappa shape index (κ1) is 20.4. The minimum Gasteiger partial charge on any atom is -0.425 e. The second-order valence-corrected chi connectivity index (χ2v) is 21.2. The Balaban J connectivity index is 2.53. The van der Waals surface area contributed by atoms with Crippen molar-refractivity contribution in [2.45, 2.75) is 39.3 Å². The Morgan fingerprint density at radius 2 is 1.20 bits per heavy atom. The van der Waals surface area contributed by atoms with Gasteiger partial charge in [0.05, 0.1) is 0 Å². The Morgan fingerprint density at radius 3 is 1.68 bits per heavy atom. The van der Waals surface area contributed by atoms with E-state index in [1.165, 1.54) is 16.3 Å². The van der Waals surface area contributed by atoms with Gasteiger partial charge in [0.1, 0.15) is 16.5 Å². The Morgan fingerprint density at radius 1 is 0.680 bits per heavy atom. The molecule has 0 amide bonds. The van der Waals surface area contributed by atoms with Crippen LogP contribution in [0.25, 0.3) is 0 Å². The highest BCUT2D eigenvalue weighted by atomic mass is 31.1. The van der Waals surface area contributed by atoms with Crippen molar-refractivity contribution in [1.29, 1.82) is 0 Å². The lowest BCUT2D eigenvalue weighted by Crippen LogP contribution is -2.59. The van der Waals surface area contributed by atoms with Gasteiger partial charge in [-0.05, 0) is 36.8 Å². The van der Waals surface area contributed by atoms with Crippen LogP contribution >= 0.6 is 8.07 Å². The summed E-state index contributed by atoms with van der Waals surface area (Å²) in [4.78, 5) is 0. The average molecular weight is 389 g/mol. The van der Waals surface area contributed by atoms with Gasteiger partial charge in [0.15, 0.2) is 0 Å². The van der Waals surface area contributed by atoms with Crippen molar-refractivity contribution < 1.29 is 0 Å². The normalized spacial score (nSPS) is 13.8. The van der Waals surface area contributed by atoms with Crippen molar-refractivity contribution in [2.24, 2.45) is 0 Å². The van der Waals surface area contributed by atoms with E-state index in [0.717, 1.165) is 0 Å². The Hall–Kier alpha value is -0.936. The average Bonchev–Trinajstić information content (AvgIpc) is 2.45. The van der Waals surface area contributed by atoms with E-state index in [4.69, 9.17) is 0 Å². The quantitative estimate of drug-likeness (QED) is 0.503. The second kappa shape index (κ2) is 7.75. The molecule has 0 aliphatic carbocycles. The summed E-state index contributed by atoms with van der Waals surface area (Å²) in [6.45, 7) is 14.8. The SMILES string of the molecule is CN(C)P(c1ccccc1)c1cccc(N([Si](C)(C)C)[Si](C)(C)C)c1. The molecular formula is C20H33N2PSi2. The molecule has 5 heteroatoms. The molecule has 0 bridgehead atoms. The zero-order valence-corrected chi connectivity index (χ0v) is 19.9. The summed E-state index contributed by atoms with van der Waals surface area (Å²) in [7, 11) is 1.03. The minimum absolute atomic E-state index is 0.485. The highest BCUT2D eigenvalue weighted by molar-refractivity contribution is 7.70. The fraction of sp³-hybridized carbons (Fsp3) is 0.400. The minimum atomic E-state index is -1.44. The zero-order valence-electron chi connectivity index (χ0n) is 17.0. The molecule has 25 heavy (non-hydrogen) atoms. The third-order valence-corrected chi connectivity index (χ3v) is 13.7. The lowest BCUT2D eigenvalue weighted by Gasteiger charge is -2.46. The van der Waals surface area contributed by atoms with E-state index in [0.29, 0.717) is 0 Å². The molecule has 0 spiro atoms. The lowest BCUT2D eigenvalue weighted by molar-refractivity contribution is 0.689. The van der Waals surface area contributed by atoms with Gasteiger partial charge < -0.3 is 4.23 Å². The third kappa shape index (κ3) is 5.04. The number of hydrogen-bond donors (Lipinski definition) is 0. The van der Waals surface area contributed by atoms with Crippen LogP contribution in [0.15, 0.2) is 54.6 Å². The largest absolute Gasteiger partial charge is 0.425 e. The van der Waals surface area contributed by atoms with Crippen LogP contribution < -0.4 is 14.8 Å². The van der Waals surface area contributed by atoms with Crippen LogP contribution in [-0.4, -0.2) is 35.2 Å². The van der Waals surface area contributed by atoms with Crippen LogP contribution in [0.3, 0.4) is 0 Å². The Bertz CT molecular complexity index is 677. The van der Waals surface area contributed by atoms with Crippen LogP contribution in [0, 0.1) is 0 Å². The highest BCUT2D eigenvalue weighted by Gasteiger charge is 2.34. The number of anilines is 1. The zero-order chi connectivity index (χ0) is 18.8. The van der Waals surface area contributed by atoms with Crippen LogP contribution in [0.2, 0.25) is 39.3 Å². The standard InChI is InChI=1S/C20H33N2PSi2/c1-21(2)23(19-14-10-9-11-15-19)20-16-12-13-18(17-20)22(24(3,4)5)25(6,7)8/h9-17H,1-8H3. The summed E-state index contributed by atoms with van der Waals surface area (Å²) in [5.74, 6) is 0. The van der Waals surface area contributed by atoms with Crippen molar-refractivity contribution in [2.75, 3.05) is 18.3 Å². The third-order valence-electron chi connectivity index (χ3n) is 4.07. The summed E-state index contributed by atoms with van der Waals surface area (Å²) in [6, 6.07) is 20.2. The van der Waals surface area contributed by atoms with E-state index in [2.05, 4.69) is 117 Å². The van der Waals surface area contributed by atoms with Crippen molar-refractivity contribution in [3.05, 3.63) is 54.6 Å². The summed E-state index contributed by atoms with van der Waals surface area (Å²) in [5, 5.41) is 2.84. The molecule has 2 aromatic rings. The molecular weight excluding hydrogens is 355 g/mol. The van der Waals surface area contributed by atoms with E-state index in [-0.39, 0.29) is 0 Å². The van der Waals surface area contributed by atoms with Gasteiger partial charge in [0.25, 0.3) is 0 Å². The van der Waals surface area contributed by atoms with Gasteiger partial charge in [0.2, 0.25) is 0 Å². The molecule has 0 heterocycles. The highest BCUT2D eigenvalue weighted by Crippen LogP contribution is 2.37. The maximum Gasteiger partial charge on any atom is 0.138 e. The monoisotopic (exact) mass is 388 g/mol. The molecule has 0 fully saturated rings. The first-order valence-electron chi connectivity index (χ1n) is 8.94. The van der Waals surface area contributed by atoms with Crippen LogP contribution in [0.1, 0.15) is 0 Å². The maximum atomic E-state index is 2.80. The molecule has 0 aliphatic rings. The molecule has 2 aromatic carbocycles. The van der Waals surface area contributed by atoms with Gasteiger partial charge in [-0.2, -0.15) is 0 Å². The number of rotatable bonds is 6. The fourth-order valence-electron chi connectivity index (χ4n) is 3.72. The van der Waals surface area contributed by atoms with Gasteiger partial charge in [-0.3, -0.25) is 4.67 Å². The first-order valence-corrected chi connectivity index (χ1v) is 17.1. The van der Waals surface area contributed by atoms with E-state index in [9.17, 15) is 0 Å². The number of nitrogens with zero attached hydrogens (tertiary/aromatic N) is 2. The maximum absolute atomic E-state index is 2.80. The van der Waals surface area contributed by atoms with E-state index in [1.54, 1.807) is 0 Å². The van der Waals surface area contributed by atoms with Crippen molar-refractivity contribution in [3.8, 4) is 0 Å². The number of hydrogen-bond acceptors (Lipinski definition) is 2. The smallest absolute Gasteiger partial charge is 0.138 e. The summed E-state index contributed by atoms with van der Waals surface area (Å²) < 4.78 is 5.18. The fourth-order valence-corrected chi connectivity index (χ4v) is 15.8. The Kier molecular flexibility index (Phi) is 6.32. The summed E-state index contributed by atoms with van der Waals surface area (Å²) in [5.41, 5.74) is 1.42. The van der Waals surface area contributed by atoms with E-state index in [1.807, 2.05) is 0 Å². The molecule has 2 nitrogen and oxygen atoms in total. The van der Waals surface area contributed by atoms with Crippen molar-refractivity contribution >= 4 is 40.8 Å².